The lowest BCUT2D eigenvalue weighted by Gasteiger charge is -2.48. The normalized spacial score (nSPS) is 21.2. The largest absolute Gasteiger partial charge is 0.422 e. The molecule has 0 atom stereocenters. The van der Waals surface area contributed by atoms with E-state index in [4.69, 9.17) is 14.3 Å². The zero-order chi connectivity index (χ0) is 27.6. The van der Waals surface area contributed by atoms with Gasteiger partial charge in [-0.05, 0) is 66.9 Å². The van der Waals surface area contributed by atoms with Gasteiger partial charge >= 0.3 is 5.63 Å². The van der Waals surface area contributed by atoms with Crippen LogP contribution < -0.4 is 10.5 Å². The third-order valence-electron chi connectivity index (χ3n) is 8.01. The fourth-order valence-corrected chi connectivity index (χ4v) is 5.66. The van der Waals surface area contributed by atoms with Crippen LogP contribution >= 0.6 is 0 Å². The van der Waals surface area contributed by atoms with E-state index in [1.54, 1.807) is 13.0 Å². The summed E-state index contributed by atoms with van der Waals surface area (Å²) < 4.78 is 5.99. The Labute approximate surface area is 220 Å². The summed E-state index contributed by atoms with van der Waals surface area (Å²) in [5, 5.41) is 10.7. The Morgan fingerprint density at radius 3 is 2.42 bits per heavy atom. The molecular formula is C29H31N3O6. The lowest BCUT2D eigenvalue weighted by molar-refractivity contribution is -0.392. The van der Waals surface area contributed by atoms with E-state index in [0.717, 1.165) is 36.9 Å². The fourth-order valence-electron chi connectivity index (χ4n) is 5.66. The molecule has 0 bridgehead atoms. The van der Waals surface area contributed by atoms with Crippen LogP contribution in [0.15, 0.2) is 38.1 Å². The molecule has 9 heteroatoms. The second-order valence-electron chi connectivity index (χ2n) is 11.4. The Bertz CT molecular complexity index is 1550. The van der Waals surface area contributed by atoms with Crippen LogP contribution in [-0.2, 0) is 30.3 Å². The van der Waals surface area contributed by atoms with Crippen molar-refractivity contribution in [2.45, 2.75) is 65.2 Å². The van der Waals surface area contributed by atoms with Crippen molar-refractivity contribution in [1.82, 2.24) is 5.06 Å². The summed E-state index contributed by atoms with van der Waals surface area (Å²) in [5.41, 5.74) is 3.09. The number of carbonyl (C=O) groups excluding carboxylic acids is 2. The SMILES string of the molecule is CCOON1C(=O)C(C#N)=C(C)/C(=C/c2cc3cc4c5c(c3oc2=O)C(C)(C)CCN5CCC4(C)C)C1=O. The summed E-state index contributed by atoms with van der Waals surface area (Å²) in [6, 6.07) is 5.64. The molecule has 2 amide bonds. The number of carbonyl (C=O) groups is 2. The maximum absolute atomic E-state index is 13.3. The van der Waals surface area contributed by atoms with E-state index in [1.165, 1.54) is 24.3 Å². The van der Waals surface area contributed by atoms with Gasteiger partial charge in [-0.3, -0.25) is 9.59 Å². The van der Waals surface area contributed by atoms with E-state index in [-0.39, 0.29) is 39.7 Å². The number of hydrogen-bond donors (Lipinski definition) is 0. The van der Waals surface area contributed by atoms with E-state index in [0.29, 0.717) is 10.6 Å². The van der Waals surface area contributed by atoms with E-state index in [2.05, 4.69) is 38.7 Å². The van der Waals surface area contributed by atoms with Crippen LogP contribution in [0.2, 0.25) is 0 Å². The van der Waals surface area contributed by atoms with Crippen molar-refractivity contribution in [2.75, 3.05) is 24.6 Å². The third kappa shape index (κ3) is 3.87. The summed E-state index contributed by atoms with van der Waals surface area (Å²) >= 11 is 0. The van der Waals surface area contributed by atoms with Gasteiger partial charge in [-0.25, -0.2) is 9.68 Å². The molecule has 0 N–H and O–H groups in total. The molecule has 0 aliphatic carbocycles. The molecule has 1 aromatic carbocycles. The number of hydroxylamine groups is 2. The molecule has 198 valence electrons. The van der Waals surface area contributed by atoms with E-state index in [1.807, 2.05) is 6.07 Å². The van der Waals surface area contributed by atoms with Crippen molar-refractivity contribution in [3.63, 3.8) is 0 Å². The lowest BCUT2D eigenvalue weighted by atomic mass is 9.69. The van der Waals surface area contributed by atoms with Gasteiger partial charge in [0, 0.05) is 35.3 Å². The highest BCUT2D eigenvalue weighted by atomic mass is 17.3. The first-order chi connectivity index (χ1) is 17.9. The molecule has 4 heterocycles. The van der Waals surface area contributed by atoms with E-state index in [9.17, 15) is 19.6 Å². The van der Waals surface area contributed by atoms with Crippen molar-refractivity contribution in [3.8, 4) is 6.07 Å². The van der Waals surface area contributed by atoms with Crippen LogP contribution in [0.1, 0.15) is 71.1 Å². The molecule has 38 heavy (non-hydrogen) atoms. The summed E-state index contributed by atoms with van der Waals surface area (Å²) in [5.74, 6) is -1.76. The average Bonchev–Trinajstić information content (AvgIpc) is 2.85. The minimum atomic E-state index is -0.925. The fraction of sp³-hybridized carbons (Fsp3) is 0.448. The molecule has 0 fully saturated rings. The van der Waals surface area contributed by atoms with Gasteiger partial charge in [-0.1, -0.05) is 27.7 Å². The van der Waals surface area contributed by atoms with Crippen molar-refractivity contribution < 1.29 is 23.9 Å². The van der Waals surface area contributed by atoms with Gasteiger partial charge in [0.25, 0.3) is 11.8 Å². The zero-order valence-corrected chi connectivity index (χ0v) is 22.6. The number of nitrogens with zero attached hydrogens (tertiary/aromatic N) is 3. The highest BCUT2D eigenvalue weighted by Gasteiger charge is 2.42. The number of amides is 2. The van der Waals surface area contributed by atoms with Crippen LogP contribution in [-0.4, -0.2) is 36.6 Å². The summed E-state index contributed by atoms with van der Waals surface area (Å²) in [4.78, 5) is 51.1. The second kappa shape index (κ2) is 8.93. The van der Waals surface area contributed by atoms with Crippen LogP contribution in [0.3, 0.4) is 0 Å². The Kier molecular flexibility index (Phi) is 6.08. The van der Waals surface area contributed by atoms with Crippen LogP contribution in [0.25, 0.3) is 17.0 Å². The van der Waals surface area contributed by atoms with Crippen LogP contribution in [0.5, 0.6) is 0 Å². The molecule has 0 radical (unpaired) electrons. The van der Waals surface area contributed by atoms with Gasteiger partial charge < -0.3 is 9.32 Å². The predicted octanol–water partition coefficient (Wildman–Crippen LogP) is 4.44. The van der Waals surface area contributed by atoms with Gasteiger partial charge in [0.1, 0.15) is 17.2 Å². The standard InChI is InChI=1S/C29H31N3O6/c1-7-36-38-32-25(33)19(16(2)20(15-30)26(32)34)13-18-12-17-14-21-23-22(24(17)37-27(18)35)29(5,6)9-11-31(23)10-8-28(21,3)4/h12-14H,7-11H2,1-6H3/b19-13-. The molecule has 2 aromatic rings. The molecular weight excluding hydrogens is 486 g/mol. The third-order valence-corrected chi connectivity index (χ3v) is 8.01. The zero-order valence-electron chi connectivity index (χ0n) is 22.6. The van der Waals surface area contributed by atoms with Gasteiger partial charge in [-0.2, -0.15) is 5.26 Å². The Morgan fingerprint density at radius 2 is 1.76 bits per heavy atom. The Hall–Kier alpha value is -3.74. The Morgan fingerprint density at radius 1 is 1.08 bits per heavy atom. The first-order valence-electron chi connectivity index (χ1n) is 12.8. The molecule has 0 spiro atoms. The Balaban J connectivity index is 1.74. The minimum absolute atomic E-state index is 0.0290. The molecule has 5 rings (SSSR count). The van der Waals surface area contributed by atoms with Gasteiger partial charge in [0.2, 0.25) is 0 Å². The van der Waals surface area contributed by atoms with E-state index < -0.39 is 17.4 Å². The van der Waals surface area contributed by atoms with Crippen molar-refractivity contribution in [1.29, 1.82) is 5.26 Å². The van der Waals surface area contributed by atoms with Crippen molar-refractivity contribution >= 4 is 34.5 Å². The van der Waals surface area contributed by atoms with Crippen molar-refractivity contribution in [3.05, 3.63) is 56.0 Å². The highest BCUT2D eigenvalue weighted by molar-refractivity contribution is 6.18. The van der Waals surface area contributed by atoms with Gasteiger partial charge in [0.05, 0.1) is 12.2 Å². The molecule has 0 unspecified atom stereocenters. The van der Waals surface area contributed by atoms with Crippen LogP contribution in [0.4, 0.5) is 5.69 Å². The summed E-state index contributed by atoms with van der Waals surface area (Å²) in [6.45, 7) is 13.9. The first kappa shape index (κ1) is 25.9. The quantitative estimate of drug-likeness (QED) is 0.192. The van der Waals surface area contributed by atoms with Gasteiger partial charge in [0.15, 0.2) is 0 Å². The average molecular weight is 518 g/mol. The molecule has 1 aromatic heterocycles. The summed E-state index contributed by atoms with van der Waals surface area (Å²) in [6.07, 6.45) is 3.30. The number of hydrogen-bond acceptors (Lipinski definition) is 8. The number of benzene rings is 1. The molecule has 3 aliphatic rings. The number of nitriles is 1. The topological polar surface area (TPSA) is 113 Å². The first-order valence-corrected chi connectivity index (χ1v) is 12.8. The number of imide groups is 1. The number of anilines is 1. The molecule has 3 aliphatic heterocycles. The predicted molar refractivity (Wildman–Crippen MR) is 141 cm³/mol. The molecule has 0 saturated carbocycles. The minimum Gasteiger partial charge on any atom is -0.422 e. The maximum Gasteiger partial charge on any atom is 0.343 e. The summed E-state index contributed by atoms with van der Waals surface area (Å²) in [7, 11) is 0. The highest BCUT2D eigenvalue weighted by Crippen LogP contribution is 2.51. The smallest absolute Gasteiger partial charge is 0.343 e. The lowest BCUT2D eigenvalue weighted by Crippen LogP contribution is -2.44. The number of fused-ring (bicyclic) bond motifs is 2. The van der Waals surface area contributed by atoms with Crippen molar-refractivity contribution in [2.24, 2.45) is 0 Å². The molecule has 0 saturated heterocycles. The number of rotatable bonds is 4. The molecule has 9 nitrogen and oxygen atoms in total. The second-order valence-corrected chi connectivity index (χ2v) is 11.4. The van der Waals surface area contributed by atoms with Gasteiger partial charge in [-0.15, -0.1) is 10.1 Å². The van der Waals surface area contributed by atoms with E-state index >= 15 is 0 Å². The monoisotopic (exact) mass is 517 g/mol. The maximum atomic E-state index is 13.3. The van der Waals surface area contributed by atoms with Crippen LogP contribution in [0, 0.1) is 11.3 Å².